The molecule has 112 valence electrons. The molecule has 1 heterocycles. The van der Waals surface area contributed by atoms with Gasteiger partial charge in [0.15, 0.2) is 0 Å². The Bertz CT molecular complexity index is 559. The molecule has 2 N–H and O–H groups in total. The molecule has 0 aromatic heterocycles. The van der Waals surface area contributed by atoms with Crippen molar-refractivity contribution in [1.82, 2.24) is 4.31 Å². The van der Waals surface area contributed by atoms with Gasteiger partial charge in [0.05, 0.1) is 5.69 Å². The largest absolute Gasteiger partial charge is 0.326 e. The van der Waals surface area contributed by atoms with Gasteiger partial charge in [-0.15, -0.1) is 0 Å². The van der Waals surface area contributed by atoms with Gasteiger partial charge < -0.3 is 5.73 Å². The van der Waals surface area contributed by atoms with E-state index in [-0.39, 0.29) is 6.04 Å². The lowest BCUT2D eigenvalue weighted by Crippen LogP contribution is -2.48. The average Bonchev–Trinajstić information content (AvgIpc) is 2.46. The zero-order chi connectivity index (χ0) is 14.8. The first kappa shape index (κ1) is 15.3. The topological polar surface area (TPSA) is 66.6 Å². The number of rotatable bonds is 4. The number of para-hydroxylation sites is 1. The second kappa shape index (κ2) is 6.11. The Morgan fingerprint density at radius 2 is 2.05 bits per heavy atom. The Labute approximate surface area is 121 Å². The van der Waals surface area contributed by atoms with Crippen molar-refractivity contribution in [3.8, 4) is 0 Å². The molecule has 5 nitrogen and oxygen atoms in total. The minimum absolute atomic E-state index is 0.0567. The maximum atomic E-state index is 12.8. The van der Waals surface area contributed by atoms with Crippen LogP contribution in [-0.2, 0) is 16.8 Å². The summed E-state index contributed by atoms with van der Waals surface area (Å²) < 4.78 is 28.5. The highest BCUT2D eigenvalue weighted by molar-refractivity contribution is 7.90. The van der Waals surface area contributed by atoms with E-state index in [9.17, 15) is 8.42 Å². The van der Waals surface area contributed by atoms with E-state index in [1.54, 1.807) is 17.4 Å². The summed E-state index contributed by atoms with van der Waals surface area (Å²) in [7, 11) is -1.88. The minimum atomic E-state index is -3.49. The molecule has 20 heavy (non-hydrogen) atoms. The van der Waals surface area contributed by atoms with Crippen molar-refractivity contribution in [2.24, 2.45) is 5.73 Å². The van der Waals surface area contributed by atoms with Gasteiger partial charge in [0, 0.05) is 26.2 Å². The smallest absolute Gasteiger partial charge is 0.304 e. The van der Waals surface area contributed by atoms with Crippen LogP contribution in [-0.4, -0.2) is 32.4 Å². The molecule has 2 rings (SSSR count). The Hall–Kier alpha value is -1.11. The van der Waals surface area contributed by atoms with Gasteiger partial charge >= 0.3 is 10.2 Å². The van der Waals surface area contributed by atoms with Crippen molar-refractivity contribution in [2.45, 2.75) is 38.8 Å². The number of anilines is 1. The van der Waals surface area contributed by atoms with E-state index in [0.717, 1.165) is 24.8 Å². The van der Waals surface area contributed by atoms with Crippen LogP contribution in [0.4, 0.5) is 5.69 Å². The first-order valence-corrected chi connectivity index (χ1v) is 8.42. The van der Waals surface area contributed by atoms with Gasteiger partial charge in [-0.25, -0.2) is 0 Å². The molecule has 1 aromatic rings. The van der Waals surface area contributed by atoms with Crippen LogP contribution in [0.15, 0.2) is 24.3 Å². The summed E-state index contributed by atoms with van der Waals surface area (Å²) in [5.41, 5.74) is 7.20. The molecule has 0 aliphatic carbocycles. The van der Waals surface area contributed by atoms with E-state index in [0.29, 0.717) is 18.8 Å². The van der Waals surface area contributed by atoms with Crippen LogP contribution < -0.4 is 10.0 Å². The predicted molar refractivity (Wildman–Crippen MR) is 81.7 cm³/mol. The van der Waals surface area contributed by atoms with Gasteiger partial charge in [-0.1, -0.05) is 24.6 Å². The van der Waals surface area contributed by atoms with E-state index in [4.69, 9.17) is 5.73 Å². The summed E-state index contributed by atoms with van der Waals surface area (Å²) in [6.45, 7) is 2.89. The second-order valence-corrected chi connectivity index (χ2v) is 7.18. The number of hydrogen-bond donors (Lipinski definition) is 1. The number of piperidine rings is 1. The lowest BCUT2D eigenvalue weighted by molar-refractivity contribution is 0.268. The summed E-state index contributed by atoms with van der Waals surface area (Å²) in [6, 6.07) is 7.42. The summed E-state index contributed by atoms with van der Waals surface area (Å²) in [4.78, 5) is 0. The Morgan fingerprint density at radius 1 is 1.35 bits per heavy atom. The summed E-state index contributed by atoms with van der Waals surface area (Å²) >= 11 is 0. The van der Waals surface area contributed by atoms with Gasteiger partial charge in [-0.05, 0) is 31.4 Å². The fourth-order valence-corrected chi connectivity index (χ4v) is 4.35. The quantitative estimate of drug-likeness (QED) is 0.920. The number of nitrogens with zero attached hydrogens (tertiary/aromatic N) is 2. The maximum absolute atomic E-state index is 12.8. The third-order valence-electron chi connectivity index (χ3n) is 3.94. The van der Waals surface area contributed by atoms with Crippen LogP contribution in [0.3, 0.4) is 0 Å². The fraction of sp³-hybridized carbons (Fsp3) is 0.571. The van der Waals surface area contributed by atoms with Crippen molar-refractivity contribution in [1.29, 1.82) is 0 Å². The summed E-state index contributed by atoms with van der Waals surface area (Å²) in [6.07, 6.45) is 2.94. The molecular weight excluding hydrogens is 274 g/mol. The Morgan fingerprint density at radius 3 is 2.70 bits per heavy atom. The molecule has 0 bridgehead atoms. The van der Waals surface area contributed by atoms with Crippen LogP contribution in [0.5, 0.6) is 0 Å². The molecule has 0 radical (unpaired) electrons. The fourth-order valence-electron chi connectivity index (χ4n) is 2.69. The average molecular weight is 297 g/mol. The molecule has 1 aromatic carbocycles. The molecule has 1 unspecified atom stereocenters. The number of benzene rings is 1. The Balaban J connectivity index is 2.33. The van der Waals surface area contributed by atoms with Gasteiger partial charge in [0.2, 0.25) is 0 Å². The normalized spacial score (nSPS) is 20.9. The van der Waals surface area contributed by atoms with Crippen LogP contribution in [0.25, 0.3) is 0 Å². The van der Waals surface area contributed by atoms with Crippen molar-refractivity contribution in [2.75, 3.05) is 17.9 Å². The number of nitrogens with two attached hydrogens (primary N) is 1. The predicted octanol–water partition coefficient (Wildman–Crippen LogP) is 1.70. The molecule has 1 aliphatic heterocycles. The monoisotopic (exact) mass is 297 g/mol. The summed E-state index contributed by atoms with van der Waals surface area (Å²) in [5.74, 6) is 0. The highest BCUT2D eigenvalue weighted by Gasteiger charge is 2.33. The number of hydrogen-bond acceptors (Lipinski definition) is 3. The first-order chi connectivity index (χ1) is 9.48. The summed E-state index contributed by atoms with van der Waals surface area (Å²) in [5, 5.41) is 0. The van der Waals surface area contributed by atoms with Crippen LogP contribution in [0, 0.1) is 0 Å². The zero-order valence-corrected chi connectivity index (χ0v) is 12.9. The molecule has 1 aliphatic rings. The van der Waals surface area contributed by atoms with Crippen molar-refractivity contribution in [3.63, 3.8) is 0 Å². The van der Waals surface area contributed by atoms with Crippen molar-refractivity contribution in [3.05, 3.63) is 29.8 Å². The minimum Gasteiger partial charge on any atom is -0.326 e. The first-order valence-electron chi connectivity index (χ1n) is 7.02. The third-order valence-corrected chi connectivity index (χ3v) is 5.96. The zero-order valence-electron chi connectivity index (χ0n) is 12.1. The van der Waals surface area contributed by atoms with E-state index < -0.39 is 10.2 Å². The SMILES string of the molecule is CC1CCCCN1S(=O)(=O)N(C)c1ccccc1CN. The van der Waals surface area contributed by atoms with E-state index >= 15 is 0 Å². The molecule has 1 saturated heterocycles. The lowest BCUT2D eigenvalue weighted by Gasteiger charge is -2.36. The molecule has 0 saturated carbocycles. The van der Waals surface area contributed by atoms with Crippen molar-refractivity contribution >= 4 is 15.9 Å². The molecule has 6 heteroatoms. The van der Waals surface area contributed by atoms with Gasteiger partial charge in [0.25, 0.3) is 0 Å². The molecule has 0 spiro atoms. The highest BCUT2D eigenvalue weighted by Crippen LogP contribution is 2.27. The second-order valence-electron chi connectivity index (χ2n) is 5.26. The highest BCUT2D eigenvalue weighted by atomic mass is 32.2. The molecule has 0 amide bonds. The standard InChI is InChI=1S/C14H23N3O2S/c1-12-7-5-6-10-17(12)20(18,19)16(2)14-9-4-3-8-13(14)11-15/h3-4,8-9,12H,5-7,10-11,15H2,1-2H3. The maximum Gasteiger partial charge on any atom is 0.304 e. The van der Waals surface area contributed by atoms with E-state index in [2.05, 4.69) is 0 Å². The van der Waals surface area contributed by atoms with Crippen LogP contribution >= 0.6 is 0 Å². The third kappa shape index (κ3) is 2.82. The van der Waals surface area contributed by atoms with Crippen LogP contribution in [0.1, 0.15) is 31.7 Å². The molecular formula is C14H23N3O2S. The van der Waals surface area contributed by atoms with Gasteiger partial charge in [-0.3, -0.25) is 4.31 Å². The van der Waals surface area contributed by atoms with Crippen LogP contribution in [0.2, 0.25) is 0 Å². The van der Waals surface area contributed by atoms with Gasteiger partial charge in [0.1, 0.15) is 0 Å². The van der Waals surface area contributed by atoms with E-state index in [1.807, 2.05) is 25.1 Å². The molecule has 1 atom stereocenters. The molecule has 1 fully saturated rings. The van der Waals surface area contributed by atoms with E-state index in [1.165, 1.54) is 4.31 Å². The Kier molecular flexibility index (Phi) is 4.67. The lowest BCUT2D eigenvalue weighted by atomic mass is 10.1. The van der Waals surface area contributed by atoms with Crippen molar-refractivity contribution < 1.29 is 8.42 Å². The van der Waals surface area contributed by atoms with Gasteiger partial charge in [-0.2, -0.15) is 12.7 Å².